The first-order chi connectivity index (χ1) is 8.17. The molecule has 0 saturated heterocycles. The molecule has 0 radical (unpaired) electrons. The molecule has 1 rings (SSSR count). The van der Waals surface area contributed by atoms with Gasteiger partial charge in [0.1, 0.15) is 5.82 Å². The molecule has 0 bridgehead atoms. The van der Waals surface area contributed by atoms with Gasteiger partial charge in [-0.25, -0.2) is 4.39 Å². The van der Waals surface area contributed by atoms with Crippen LogP contribution in [0.1, 0.15) is 25.3 Å². The fraction of sp³-hybridized carbons (Fsp3) is 0.538. The van der Waals surface area contributed by atoms with Crippen molar-refractivity contribution in [2.75, 3.05) is 19.6 Å². The zero-order chi connectivity index (χ0) is 12.7. The Balaban J connectivity index is 2.61. The van der Waals surface area contributed by atoms with Crippen molar-refractivity contribution in [1.82, 2.24) is 4.90 Å². The molecule has 0 aromatic heterocycles. The molecule has 1 aromatic carbocycles. The monoisotopic (exact) mass is 302 g/mol. The predicted octanol–water partition coefficient (Wildman–Crippen LogP) is 3.15. The smallest absolute Gasteiger partial charge is 0.137 e. The van der Waals surface area contributed by atoms with Gasteiger partial charge in [-0.15, -0.1) is 0 Å². The molecule has 0 spiro atoms. The fourth-order valence-corrected chi connectivity index (χ4v) is 2.16. The molecular formula is C13H20BrFN2. The third-order valence-electron chi connectivity index (χ3n) is 2.66. The van der Waals surface area contributed by atoms with Gasteiger partial charge in [-0.05, 0) is 46.6 Å². The van der Waals surface area contributed by atoms with Gasteiger partial charge in [0.2, 0.25) is 0 Å². The van der Waals surface area contributed by atoms with Crippen LogP contribution >= 0.6 is 15.9 Å². The molecule has 0 atom stereocenters. The molecular weight excluding hydrogens is 283 g/mol. The lowest BCUT2D eigenvalue weighted by Gasteiger charge is -2.21. The molecule has 0 fully saturated rings. The summed E-state index contributed by atoms with van der Waals surface area (Å²) < 4.78 is 13.6. The Morgan fingerprint density at radius 2 is 2.12 bits per heavy atom. The van der Waals surface area contributed by atoms with Crippen molar-refractivity contribution in [1.29, 1.82) is 0 Å². The van der Waals surface area contributed by atoms with E-state index in [0.29, 0.717) is 11.0 Å². The largest absolute Gasteiger partial charge is 0.329 e. The third-order valence-corrected chi connectivity index (χ3v) is 3.27. The SMILES string of the molecule is CCCCN(CCN)Cc1ccc(F)c(Br)c1. The highest BCUT2D eigenvalue weighted by molar-refractivity contribution is 9.10. The van der Waals surface area contributed by atoms with Crippen LogP contribution in [0.25, 0.3) is 0 Å². The summed E-state index contributed by atoms with van der Waals surface area (Å²) in [6.07, 6.45) is 2.34. The average Bonchev–Trinajstić information content (AvgIpc) is 2.31. The lowest BCUT2D eigenvalue weighted by molar-refractivity contribution is 0.268. The van der Waals surface area contributed by atoms with Gasteiger partial charge in [0.25, 0.3) is 0 Å². The molecule has 2 N–H and O–H groups in total. The van der Waals surface area contributed by atoms with Crippen LogP contribution in [0.3, 0.4) is 0 Å². The number of nitrogens with two attached hydrogens (primary N) is 1. The zero-order valence-electron chi connectivity index (χ0n) is 10.3. The van der Waals surface area contributed by atoms with Gasteiger partial charge in [0, 0.05) is 19.6 Å². The summed E-state index contributed by atoms with van der Waals surface area (Å²) in [5.41, 5.74) is 6.71. The molecule has 1 aromatic rings. The highest BCUT2D eigenvalue weighted by Gasteiger charge is 2.06. The van der Waals surface area contributed by atoms with Gasteiger partial charge in [0.05, 0.1) is 4.47 Å². The molecule has 0 aliphatic heterocycles. The maximum absolute atomic E-state index is 13.1. The molecule has 0 aliphatic carbocycles. The quantitative estimate of drug-likeness (QED) is 0.838. The van der Waals surface area contributed by atoms with Gasteiger partial charge in [-0.2, -0.15) is 0 Å². The van der Waals surface area contributed by atoms with E-state index in [1.807, 2.05) is 12.1 Å². The molecule has 0 aliphatic rings. The standard InChI is InChI=1S/C13H20BrFN2/c1-2-3-7-17(8-6-16)10-11-4-5-13(15)12(14)9-11/h4-5,9H,2-3,6-8,10,16H2,1H3. The summed E-state index contributed by atoms with van der Waals surface area (Å²) in [5, 5.41) is 0. The summed E-state index contributed by atoms with van der Waals surface area (Å²) in [6, 6.07) is 5.17. The first-order valence-corrected chi connectivity index (χ1v) is 6.83. The summed E-state index contributed by atoms with van der Waals surface area (Å²) in [6.45, 7) is 5.59. The number of hydrogen-bond donors (Lipinski definition) is 1. The lowest BCUT2D eigenvalue weighted by atomic mass is 10.2. The van der Waals surface area contributed by atoms with Crippen LogP contribution in [0.5, 0.6) is 0 Å². The first kappa shape index (κ1) is 14.6. The second kappa shape index (κ2) is 7.80. The van der Waals surface area contributed by atoms with Crippen LogP contribution in [-0.2, 0) is 6.54 Å². The Hall–Kier alpha value is -0.450. The lowest BCUT2D eigenvalue weighted by Crippen LogP contribution is -2.30. The van der Waals surface area contributed by atoms with Gasteiger partial charge in [-0.1, -0.05) is 19.4 Å². The van der Waals surface area contributed by atoms with E-state index in [1.54, 1.807) is 0 Å². The van der Waals surface area contributed by atoms with Crippen molar-refractivity contribution in [3.8, 4) is 0 Å². The Bertz CT molecular complexity index is 344. The van der Waals surface area contributed by atoms with Crippen LogP contribution in [0, 0.1) is 5.82 Å². The van der Waals surface area contributed by atoms with Crippen LogP contribution in [0.4, 0.5) is 4.39 Å². The van der Waals surface area contributed by atoms with E-state index < -0.39 is 0 Å². The number of hydrogen-bond acceptors (Lipinski definition) is 2. The maximum Gasteiger partial charge on any atom is 0.137 e. The van der Waals surface area contributed by atoms with E-state index in [-0.39, 0.29) is 5.82 Å². The van der Waals surface area contributed by atoms with Crippen LogP contribution in [0.2, 0.25) is 0 Å². The minimum Gasteiger partial charge on any atom is -0.329 e. The third kappa shape index (κ3) is 5.15. The van der Waals surface area contributed by atoms with Crippen LogP contribution in [0.15, 0.2) is 22.7 Å². The topological polar surface area (TPSA) is 29.3 Å². The minimum absolute atomic E-state index is 0.215. The van der Waals surface area contributed by atoms with Crippen molar-refractivity contribution in [3.05, 3.63) is 34.1 Å². The molecule has 2 nitrogen and oxygen atoms in total. The van der Waals surface area contributed by atoms with E-state index >= 15 is 0 Å². The molecule has 96 valence electrons. The molecule has 0 amide bonds. The zero-order valence-corrected chi connectivity index (χ0v) is 11.8. The van der Waals surface area contributed by atoms with E-state index in [2.05, 4.69) is 27.8 Å². The Kier molecular flexibility index (Phi) is 6.70. The fourth-order valence-electron chi connectivity index (χ4n) is 1.73. The molecule has 0 unspecified atom stereocenters. The van der Waals surface area contributed by atoms with Crippen LogP contribution < -0.4 is 5.73 Å². The van der Waals surface area contributed by atoms with Crippen molar-refractivity contribution < 1.29 is 4.39 Å². The Labute approximate surface area is 111 Å². The number of unbranched alkanes of at least 4 members (excludes halogenated alkanes) is 1. The summed E-state index contributed by atoms with van der Waals surface area (Å²) in [4.78, 5) is 2.31. The van der Waals surface area contributed by atoms with Crippen molar-refractivity contribution in [2.24, 2.45) is 5.73 Å². The first-order valence-electron chi connectivity index (χ1n) is 6.03. The van der Waals surface area contributed by atoms with Crippen molar-refractivity contribution >= 4 is 15.9 Å². The Morgan fingerprint density at radius 1 is 1.35 bits per heavy atom. The molecule has 0 saturated carbocycles. The van der Waals surface area contributed by atoms with E-state index in [9.17, 15) is 4.39 Å². The average molecular weight is 303 g/mol. The number of benzene rings is 1. The van der Waals surface area contributed by atoms with Gasteiger partial charge >= 0.3 is 0 Å². The van der Waals surface area contributed by atoms with E-state index in [4.69, 9.17) is 5.73 Å². The van der Waals surface area contributed by atoms with Gasteiger partial charge in [0.15, 0.2) is 0 Å². The maximum atomic E-state index is 13.1. The van der Waals surface area contributed by atoms with Gasteiger partial charge in [-0.3, -0.25) is 4.90 Å². The van der Waals surface area contributed by atoms with E-state index in [1.165, 1.54) is 18.9 Å². The van der Waals surface area contributed by atoms with Crippen molar-refractivity contribution in [3.63, 3.8) is 0 Å². The molecule has 17 heavy (non-hydrogen) atoms. The minimum atomic E-state index is -0.215. The molecule has 4 heteroatoms. The van der Waals surface area contributed by atoms with Crippen LogP contribution in [-0.4, -0.2) is 24.5 Å². The number of halogens is 2. The highest BCUT2D eigenvalue weighted by atomic mass is 79.9. The van der Waals surface area contributed by atoms with Crippen molar-refractivity contribution in [2.45, 2.75) is 26.3 Å². The second-order valence-electron chi connectivity index (χ2n) is 4.17. The summed E-state index contributed by atoms with van der Waals surface area (Å²) >= 11 is 3.21. The highest BCUT2D eigenvalue weighted by Crippen LogP contribution is 2.18. The van der Waals surface area contributed by atoms with E-state index in [0.717, 1.165) is 25.2 Å². The van der Waals surface area contributed by atoms with Gasteiger partial charge < -0.3 is 5.73 Å². The normalized spacial score (nSPS) is 11.1. The second-order valence-corrected chi connectivity index (χ2v) is 5.02. The molecule has 0 heterocycles. The summed E-state index contributed by atoms with van der Waals surface area (Å²) in [5.74, 6) is -0.215. The number of nitrogens with zero attached hydrogens (tertiary/aromatic N) is 1. The number of rotatable bonds is 7. The Morgan fingerprint density at radius 3 is 2.71 bits per heavy atom. The summed E-state index contributed by atoms with van der Waals surface area (Å²) in [7, 11) is 0. The predicted molar refractivity (Wildman–Crippen MR) is 73.3 cm³/mol.